The second-order valence-corrected chi connectivity index (χ2v) is 4.15. The van der Waals surface area contributed by atoms with E-state index in [0.717, 1.165) is 32.2 Å². The first-order valence-electron chi connectivity index (χ1n) is 6.56. The van der Waals surface area contributed by atoms with Gasteiger partial charge >= 0.3 is 6.03 Å². The molecule has 0 radical (unpaired) electrons. The van der Waals surface area contributed by atoms with Crippen molar-refractivity contribution in [3.05, 3.63) is 48.2 Å². The van der Waals surface area contributed by atoms with Gasteiger partial charge in [0.1, 0.15) is 0 Å². The van der Waals surface area contributed by atoms with Gasteiger partial charge in [-0.1, -0.05) is 43.3 Å². The summed E-state index contributed by atoms with van der Waals surface area (Å²) in [6.07, 6.45) is 7.68. The van der Waals surface area contributed by atoms with Crippen LogP contribution in [-0.4, -0.2) is 12.6 Å². The Kier molecular flexibility index (Phi) is 7.37. The number of allylic oxidation sites excluding steroid dienone is 1. The summed E-state index contributed by atoms with van der Waals surface area (Å²) in [7, 11) is 0. The van der Waals surface area contributed by atoms with Gasteiger partial charge in [-0.05, 0) is 31.2 Å². The number of urea groups is 1. The Morgan fingerprint density at radius 2 is 2.00 bits per heavy atom. The average molecular weight is 246 g/mol. The van der Waals surface area contributed by atoms with Crippen LogP contribution in [0.4, 0.5) is 4.79 Å². The second-order valence-electron chi connectivity index (χ2n) is 4.15. The highest BCUT2D eigenvalue weighted by atomic mass is 16.2. The van der Waals surface area contributed by atoms with E-state index in [1.807, 2.05) is 19.1 Å². The number of benzene rings is 1. The molecule has 98 valence electrons. The van der Waals surface area contributed by atoms with E-state index in [0.29, 0.717) is 0 Å². The maximum Gasteiger partial charge on any atom is 0.318 e. The first-order valence-corrected chi connectivity index (χ1v) is 6.56. The number of hydrogen-bond acceptors (Lipinski definition) is 1. The van der Waals surface area contributed by atoms with Crippen LogP contribution in [0.5, 0.6) is 0 Å². The minimum absolute atomic E-state index is 0.126. The summed E-state index contributed by atoms with van der Waals surface area (Å²) < 4.78 is 0. The van der Waals surface area contributed by atoms with Gasteiger partial charge in [0.25, 0.3) is 0 Å². The molecule has 3 heteroatoms. The zero-order valence-corrected chi connectivity index (χ0v) is 11.0. The largest absolute Gasteiger partial charge is 0.338 e. The van der Waals surface area contributed by atoms with Crippen LogP contribution in [0.1, 0.15) is 31.7 Å². The quantitative estimate of drug-likeness (QED) is 0.712. The van der Waals surface area contributed by atoms with Crippen LogP contribution in [0.15, 0.2) is 42.6 Å². The molecule has 0 aliphatic heterocycles. The van der Waals surface area contributed by atoms with E-state index in [2.05, 4.69) is 34.9 Å². The van der Waals surface area contributed by atoms with Gasteiger partial charge in [0, 0.05) is 12.7 Å². The number of unbranched alkanes of at least 4 members (excludes halogenated alkanes) is 1. The Labute approximate surface area is 109 Å². The number of aryl methyl sites for hydroxylation is 1. The van der Waals surface area contributed by atoms with E-state index in [9.17, 15) is 4.79 Å². The topological polar surface area (TPSA) is 41.1 Å². The summed E-state index contributed by atoms with van der Waals surface area (Å²) >= 11 is 0. The minimum Gasteiger partial charge on any atom is -0.338 e. The fourth-order valence-electron chi connectivity index (χ4n) is 1.60. The SMILES string of the molecule is CC/C=C/NC(=O)NCCCCc1ccccc1. The average Bonchev–Trinajstić information content (AvgIpc) is 2.40. The van der Waals surface area contributed by atoms with E-state index < -0.39 is 0 Å². The predicted molar refractivity (Wildman–Crippen MR) is 75.3 cm³/mol. The molecule has 0 saturated heterocycles. The van der Waals surface area contributed by atoms with E-state index >= 15 is 0 Å². The highest BCUT2D eigenvalue weighted by molar-refractivity contribution is 5.74. The summed E-state index contributed by atoms with van der Waals surface area (Å²) in [5.41, 5.74) is 1.35. The van der Waals surface area contributed by atoms with Gasteiger partial charge in [-0.3, -0.25) is 0 Å². The Hall–Kier alpha value is -1.77. The third kappa shape index (κ3) is 6.74. The van der Waals surface area contributed by atoms with Crippen molar-refractivity contribution in [3.8, 4) is 0 Å². The lowest BCUT2D eigenvalue weighted by atomic mass is 10.1. The van der Waals surface area contributed by atoms with E-state index in [-0.39, 0.29) is 6.03 Å². The number of nitrogens with one attached hydrogen (secondary N) is 2. The van der Waals surface area contributed by atoms with Gasteiger partial charge in [0.15, 0.2) is 0 Å². The molecule has 2 amide bonds. The molecule has 2 N–H and O–H groups in total. The van der Waals surface area contributed by atoms with Crippen LogP contribution in [0.3, 0.4) is 0 Å². The molecule has 0 aromatic heterocycles. The zero-order valence-electron chi connectivity index (χ0n) is 11.0. The number of rotatable bonds is 7. The van der Waals surface area contributed by atoms with Crippen molar-refractivity contribution in [2.24, 2.45) is 0 Å². The lowest BCUT2D eigenvalue weighted by Crippen LogP contribution is -2.32. The van der Waals surface area contributed by atoms with Crippen LogP contribution in [0.2, 0.25) is 0 Å². The molecule has 0 heterocycles. The molecule has 0 atom stereocenters. The van der Waals surface area contributed by atoms with Crippen molar-refractivity contribution >= 4 is 6.03 Å². The van der Waals surface area contributed by atoms with Crippen LogP contribution < -0.4 is 10.6 Å². The first-order chi connectivity index (χ1) is 8.83. The lowest BCUT2D eigenvalue weighted by molar-refractivity contribution is 0.244. The Balaban J connectivity index is 2.02. The molecule has 0 aliphatic rings. The molecule has 3 nitrogen and oxygen atoms in total. The van der Waals surface area contributed by atoms with Gasteiger partial charge in [-0.2, -0.15) is 0 Å². The first kappa shape index (κ1) is 14.3. The Morgan fingerprint density at radius 3 is 2.72 bits per heavy atom. The number of hydrogen-bond donors (Lipinski definition) is 2. The molecule has 0 unspecified atom stereocenters. The van der Waals surface area contributed by atoms with Crippen molar-refractivity contribution in [3.63, 3.8) is 0 Å². The number of amides is 2. The van der Waals surface area contributed by atoms with Gasteiger partial charge in [-0.25, -0.2) is 4.79 Å². The highest BCUT2D eigenvalue weighted by Crippen LogP contribution is 2.03. The molecule has 1 aromatic carbocycles. The molecule has 1 aromatic rings. The predicted octanol–water partition coefficient (Wildman–Crippen LogP) is 3.23. The standard InChI is InChI=1S/C15H22N2O/c1-2-3-12-16-15(18)17-13-8-7-11-14-9-5-4-6-10-14/h3-6,9-10,12H,2,7-8,11,13H2,1H3,(H2,16,17,18)/b12-3+. The van der Waals surface area contributed by atoms with E-state index in [1.54, 1.807) is 6.20 Å². The molecule has 0 aliphatic carbocycles. The maximum absolute atomic E-state index is 11.3. The van der Waals surface area contributed by atoms with E-state index in [1.165, 1.54) is 5.56 Å². The molecule has 0 fully saturated rings. The van der Waals surface area contributed by atoms with Gasteiger partial charge < -0.3 is 10.6 Å². The lowest BCUT2D eigenvalue weighted by Gasteiger charge is -2.04. The van der Waals surface area contributed by atoms with Crippen molar-refractivity contribution in [2.75, 3.05) is 6.54 Å². The summed E-state index contributed by atoms with van der Waals surface area (Å²) in [6, 6.07) is 10.3. The van der Waals surface area contributed by atoms with Crippen molar-refractivity contribution in [1.29, 1.82) is 0 Å². The third-order valence-electron chi connectivity index (χ3n) is 2.59. The molecular weight excluding hydrogens is 224 g/mol. The summed E-state index contributed by atoms with van der Waals surface area (Å²) in [5, 5.41) is 5.49. The minimum atomic E-state index is -0.126. The van der Waals surface area contributed by atoms with Crippen LogP contribution in [-0.2, 0) is 6.42 Å². The molecule has 18 heavy (non-hydrogen) atoms. The smallest absolute Gasteiger partial charge is 0.318 e. The molecule has 0 bridgehead atoms. The Bertz CT molecular complexity index is 360. The number of carbonyl (C=O) groups excluding carboxylic acids is 1. The van der Waals surface area contributed by atoms with Crippen LogP contribution in [0, 0.1) is 0 Å². The highest BCUT2D eigenvalue weighted by Gasteiger charge is 1.96. The zero-order chi connectivity index (χ0) is 13.1. The van der Waals surface area contributed by atoms with Gasteiger partial charge in [0.2, 0.25) is 0 Å². The third-order valence-corrected chi connectivity index (χ3v) is 2.59. The van der Waals surface area contributed by atoms with Gasteiger partial charge in [0.05, 0.1) is 0 Å². The van der Waals surface area contributed by atoms with Gasteiger partial charge in [-0.15, -0.1) is 0 Å². The van der Waals surface area contributed by atoms with Crippen molar-refractivity contribution in [2.45, 2.75) is 32.6 Å². The normalized spacial score (nSPS) is 10.5. The second kappa shape index (κ2) is 9.28. The monoisotopic (exact) mass is 246 g/mol. The van der Waals surface area contributed by atoms with Crippen LogP contribution >= 0.6 is 0 Å². The van der Waals surface area contributed by atoms with E-state index in [4.69, 9.17) is 0 Å². The molecular formula is C15H22N2O. The summed E-state index contributed by atoms with van der Waals surface area (Å²) in [4.78, 5) is 11.3. The number of carbonyl (C=O) groups is 1. The summed E-state index contributed by atoms with van der Waals surface area (Å²) in [6.45, 7) is 2.75. The van der Waals surface area contributed by atoms with Crippen molar-refractivity contribution < 1.29 is 4.79 Å². The summed E-state index contributed by atoms with van der Waals surface area (Å²) in [5.74, 6) is 0. The maximum atomic E-state index is 11.3. The molecule has 0 saturated carbocycles. The molecule has 0 spiro atoms. The van der Waals surface area contributed by atoms with Crippen LogP contribution in [0.25, 0.3) is 0 Å². The molecule has 1 rings (SSSR count). The van der Waals surface area contributed by atoms with Crippen molar-refractivity contribution in [1.82, 2.24) is 10.6 Å². The fraction of sp³-hybridized carbons (Fsp3) is 0.400. The Morgan fingerprint density at radius 1 is 1.22 bits per heavy atom. The fourth-order valence-corrected chi connectivity index (χ4v) is 1.60.